The summed E-state index contributed by atoms with van der Waals surface area (Å²) in [6.07, 6.45) is 0. The molecule has 0 saturated heterocycles. The number of carbonyl (C=O) groups is 1. The molecule has 4 rings (SSSR count). The van der Waals surface area contributed by atoms with Crippen LogP contribution in [0.4, 0.5) is 5.69 Å². The van der Waals surface area contributed by atoms with E-state index in [0.29, 0.717) is 5.56 Å². The number of benzene rings is 3. The summed E-state index contributed by atoms with van der Waals surface area (Å²) >= 11 is 0. The summed E-state index contributed by atoms with van der Waals surface area (Å²) in [6.45, 7) is 3.78. The summed E-state index contributed by atoms with van der Waals surface area (Å²) in [5.41, 5.74) is 2.35. The van der Waals surface area contributed by atoms with E-state index >= 15 is 0 Å². The number of H-pyrrole nitrogens is 1. The van der Waals surface area contributed by atoms with Gasteiger partial charge in [-0.2, -0.15) is 0 Å². The topological polar surface area (TPSA) is 109 Å². The molecule has 0 fully saturated rings. The Balaban J connectivity index is 1.67. The van der Waals surface area contributed by atoms with E-state index in [4.69, 9.17) is 0 Å². The summed E-state index contributed by atoms with van der Waals surface area (Å²) in [5, 5.41) is 0.171. The van der Waals surface area contributed by atoms with Crippen LogP contribution < -0.4 is 10.3 Å². The molecule has 0 bridgehead atoms. The Morgan fingerprint density at radius 1 is 0.903 bits per heavy atom. The average molecular weight is 433 g/mol. The summed E-state index contributed by atoms with van der Waals surface area (Å²) < 4.78 is 27.7. The number of aryl methyl sites for hydroxylation is 2. The Labute approximate surface area is 178 Å². The molecule has 0 spiro atoms. The first kappa shape index (κ1) is 20.5. The highest BCUT2D eigenvalue weighted by Crippen LogP contribution is 2.20. The van der Waals surface area contributed by atoms with Crippen LogP contribution in [0, 0.1) is 13.8 Å². The summed E-state index contributed by atoms with van der Waals surface area (Å²) in [4.78, 5) is 32.1. The second-order valence-electron chi connectivity index (χ2n) is 7.26. The molecule has 0 radical (unpaired) electrons. The Hall–Kier alpha value is -3.78. The SMILES string of the molecule is Cc1ccc(C(=O)c2nc3ccc(NS(=O)(=O)c4ccc(C)cc4)cc3c(=O)[nH]2)cc1. The standard InChI is InChI=1S/C23H19N3O4S/c1-14-3-7-16(8-4-14)21(27)22-24-20-12-9-17(13-19(20)23(28)25-22)26-31(29,30)18-10-5-15(2)6-11-18/h3-13,26H,1-2H3,(H,24,25,28). The molecule has 8 heteroatoms. The largest absolute Gasteiger partial charge is 0.303 e. The van der Waals surface area contributed by atoms with Gasteiger partial charge in [0.05, 0.1) is 15.8 Å². The Bertz CT molecular complexity index is 1460. The van der Waals surface area contributed by atoms with Crippen LogP contribution in [0.25, 0.3) is 10.9 Å². The van der Waals surface area contributed by atoms with Crippen LogP contribution in [0.3, 0.4) is 0 Å². The summed E-state index contributed by atoms with van der Waals surface area (Å²) in [5.74, 6) is -0.475. The third-order valence-electron chi connectivity index (χ3n) is 4.82. The zero-order valence-corrected chi connectivity index (χ0v) is 17.7. The number of aromatic amines is 1. The van der Waals surface area contributed by atoms with Gasteiger partial charge in [-0.25, -0.2) is 13.4 Å². The number of fused-ring (bicyclic) bond motifs is 1. The smallest absolute Gasteiger partial charge is 0.261 e. The van der Waals surface area contributed by atoms with Crippen LogP contribution in [0.2, 0.25) is 0 Å². The maximum atomic E-state index is 12.7. The van der Waals surface area contributed by atoms with Gasteiger partial charge >= 0.3 is 0 Å². The highest BCUT2D eigenvalue weighted by atomic mass is 32.2. The van der Waals surface area contributed by atoms with Crippen molar-refractivity contribution in [3.63, 3.8) is 0 Å². The number of anilines is 1. The summed E-state index contributed by atoms with van der Waals surface area (Å²) in [7, 11) is -3.81. The van der Waals surface area contributed by atoms with Crippen molar-refractivity contribution in [3.05, 3.63) is 99.6 Å². The molecule has 4 aromatic rings. The van der Waals surface area contributed by atoms with Gasteiger partial charge in [0.1, 0.15) is 0 Å². The lowest BCUT2D eigenvalue weighted by Gasteiger charge is -2.09. The van der Waals surface area contributed by atoms with Crippen molar-refractivity contribution in [2.24, 2.45) is 0 Å². The third kappa shape index (κ3) is 4.24. The van der Waals surface area contributed by atoms with Gasteiger partial charge in [-0.3, -0.25) is 14.3 Å². The van der Waals surface area contributed by atoms with Gasteiger partial charge < -0.3 is 4.98 Å². The zero-order valence-electron chi connectivity index (χ0n) is 16.8. The van der Waals surface area contributed by atoms with Gasteiger partial charge in [-0.05, 0) is 44.2 Å². The maximum Gasteiger partial charge on any atom is 0.261 e. The van der Waals surface area contributed by atoms with Gasteiger partial charge in [0, 0.05) is 11.3 Å². The van der Waals surface area contributed by atoms with E-state index in [0.717, 1.165) is 11.1 Å². The number of rotatable bonds is 5. The minimum atomic E-state index is -3.81. The fraction of sp³-hybridized carbons (Fsp3) is 0.0870. The molecular weight excluding hydrogens is 414 g/mol. The predicted octanol–water partition coefficient (Wildman–Crippen LogP) is 3.57. The van der Waals surface area contributed by atoms with Gasteiger partial charge in [0.25, 0.3) is 15.6 Å². The lowest BCUT2D eigenvalue weighted by molar-refractivity contribution is 0.102. The van der Waals surface area contributed by atoms with E-state index in [-0.39, 0.29) is 27.3 Å². The number of nitrogens with zero attached hydrogens (tertiary/aromatic N) is 1. The van der Waals surface area contributed by atoms with Crippen molar-refractivity contribution in [2.45, 2.75) is 18.7 Å². The molecule has 0 aliphatic rings. The third-order valence-corrected chi connectivity index (χ3v) is 6.21. The van der Waals surface area contributed by atoms with Gasteiger partial charge in [-0.1, -0.05) is 47.5 Å². The normalized spacial score (nSPS) is 11.4. The minimum absolute atomic E-state index is 0.0747. The molecule has 31 heavy (non-hydrogen) atoms. The van der Waals surface area contributed by atoms with Crippen LogP contribution >= 0.6 is 0 Å². The molecule has 1 heterocycles. The molecular formula is C23H19N3O4S. The average Bonchev–Trinajstić information content (AvgIpc) is 2.74. The molecule has 0 saturated carbocycles. The van der Waals surface area contributed by atoms with E-state index in [1.54, 1.807) is 36.4 Å². The number of carbonyl (C=O) groups excluding carboxylic acids is 1. The second-order valence-corrected chi connectivity index (χ2v) is 8.94. The lowest BCUT2D eigenvalue weighted by atomic mass is 10.1. The zero-order chi connectivity index (χ0) is 22.2. The molecule has 0 atom stereocenters. The molecule has 0 unspecified atom stereocenters. The highest BCUT2D eigenvalue weighted by Gasteiger charge is 2.17. The maximum absolute atomic E-state index is 12.7. The van der Waals surface area contributed by atoms with Gasteiger partial charge in [-0.15, -0.1) is 0 Å². The number of ketones is 1. The van der Waals surface area contributed by atoms with E-state index < -0.39 is 21.4 Å². The van der Waals surface area contributed by atoms with E-state index in [1.807, 2.05) is 13.8 Å². The highest BCUT2D eigenvalue weighted by molar-refractivity contribution is 7.92. The van der Waals surface area contributed by atoms with Crippen LogP contribution in [0.15, 0.2) is 76.4 Å². The van der Waals surface area contributed by atoms with E-state index in [9.17, 15) is 18.0 Å². The quantitative estimate of drug-likeness (QED) is 0.468. The first-order valence-corrected chi connectivity index (χ1v) is 11.0. The molecule has 3 aromatic carbocycles. The number of hydrogen-bond acceptors (Lipinski definition) is 5. The summed E-state index contributed by atoms with van der Waals surface area (Å²) in [6, 6.07) is 17.8. The van der Waals surface area contributed by atoms with Crippen molar-refractivity contribution >= 4 is 32.4 Å². The number of hydrogen-bond donors (Lipinski definition) is 2. The molecule has 0 aliphatic heterocycles. The minimum Gasteiger partial charge on any atom is -0.303 e. The molecule has 1 aromatic heterocycles. The van der Waals surface area contributed by atoms with Crippen molar-refractivity contribution in [3.8, 4) is 0 Å². The van der Waals surface area contributed by atoms with Gasteiger partial charge in [0.2, 0.25) is 5.78 Å². The van der Waals surface area contributed by atoms with Crippen LogP contribution in [0.5, 0.6) is 0 Å². The number of sulfonamides is 1. The molecule has 0 amide bonds. The Kier molecular flexibility index (Phi) is 5.16. The fourth-order valence-electron chi connectivity index (χ4n) is 3.08. The molecule has 0 aliphatic carbocycles. The number of aromatic nitrogens is 2. The Morgan fingerprint density at radius 3 is 2.16 bits per heavy atom. The van der Waals surface area contributed by atoms with Crippen LogP contribution in [-0.2, 0) is 10.0 Å². The van der Waals surface area contributed by atoms with Crippen molar-refractivity contribution in [2.75, 3.05) is 4.72 Å². The monoisotopic (exact) mass is 433 g/mol. The van der Waals surface area contributed by atoms with E-state index in [2.05, 4.69) is 14.7 Å². The first-order chi connectivity index (χ1) is 14.7. The van der Waals surface area contributed by atoms with Crippen molar-refractivity contribution in [1.29, 1.82) is 0 Å². The molecule has 156 valence electrons. The van der Waals surface area contributed by atoms with Gasteiger partial charge in [0.15, 0.2) is 5.82 Å². The second kappa shape index (κ2) is 7.81. The first-order valence-electron chi connectivity index (χ1n) is 9.48. The van der Waals surface area contributed by atoms with E-state index in [1.165, 1.54) is 30.3 Å². The Morgan fingerprint density at radius 2 is 1.52 bits per heavy atom. The van der Waals surface area contributed by atoms with Crippen molar-refractivity contribution < 1.29 is 13.2 Å². The predicted molar refractivity (Wildman–Crippen MR) is 119 cm³/mol. The molecule has 2 N–H and O–H groups in total. The van der Waals surface area contributed by atoms with Crippen LogP contribution in [-0.4, -0.2) is 24.2 Å². The number of nitrogens with one attached hydrogen (secondary N) is 2. The van der Waals surface area contributed by atoms with Crippen molar-refractivity contribution in [1.82, 2.24) is 9.97 Å². The van der Waals surface area contributed by atoms with Crippen LogP contribution in [0.1, 0.15) is 27.3 Å². The molecule has 7 nitrogen and oxygen atoms in total. The lowest BCUT2D eigenvalue weighted by Crippen LogP contribution is -2.17. The fourth-order valence-corrected chi connectivity index (χ4v) is 4.13.